The van der Waals surface area contributed by atoms with E-state index in [-0.39, 0.29) is 5.97 Å². The number of esters is 1. The topological polar surface area (TPSA) is 51.2 Å². The lowest BCUT2D eigenvalue weighted by Crippen LogP contribution is -2.25. The quantitative estimate of drug-likeness (QED) is 0.828. The Hall–Kier alpha value is -1.42. The summed E-state index contributed by atoms with van der Waals surface area (Å²) in [7, 11) is 1.40. The highest BCUT2D eigenvalue weighted by atomic mass is 16.5. The molecular weight excluding hydrogens is 240 g/mol. The summed E-state index contributed by atoms with van der Waals surface area (Å²) in [5.74, 6) is 0.460. The van der Waals surface area contributed by atoms with E-state index in [2.05, 4.69) is 10.3 Å². The van der Waals surface area contributed by atoms with Crippen LogP contribution < -0.4 is 5.32 Å². The van der Waals surface area contributed by atoms with Gasteiger partial charge in [0.15, 0.2) is 0 Å². The summed E-state index contributed by atoms with van der Waals surface area (Å²) in [6, 6.07) is 3.52. The van der Waals surface area contributed by atoms with Crippen molar-refractivity contribution in [3.63, 3.8) is 0 Å². The van der Waals surface area contributed by atoms with E-state index >= 15 is 0 Å². The van der Waals surface area contributed by atoms with Crippen LogP contribution in [0, 0.1) is 5.92 Å². The monoisotopic (exact) mass is 262 g/mol. The van der Waals surface area contributed by atoms with Crippen LogP contribution in [0.3, 0.4) is 0 Å². The van der Waals surface area contributed by atoms with E-state index in [1.165, 1.54) is 39.2 Å². The zero-order chi connectivity index (χ0) is 13.5. The van der Waals surface area contributed by atoms with Crippen LogP contribution in [-0.4, -0.2) is 24.6 Å². The van der Waals surface area contributed by atoms with Gasteiger partial charge < -0.3 is 10.1 Å². The molecule has 0 aromatic carbocycles. The third kappa shape index (κ3) is 4.03. The number of rotatable bonds is 5. The predicted octanol–water partition coefficient (Wildman–Crippen LogP) is 2.54. The van der Waals surface area contributed by atoms with E-state index in [4.69, 9.17) is 4.74 Å². The van der Waals surface area contributed by atoms with Crippen molar-refractivity contribution < 1.29 is 9.53 Å². The molecule has 0 bridgehead atoms. The highest BCUT2D eigenvalue weighted by Gasteiger charge is 2.15. The van der Waals surface area contributed by atoms with Gasteiger partial charge in [-0.2, -0.15) is 0 Å². The van der Waals surface area contributed by atoms with E-state index < -0.39 is 0 Å². The molecule has 1 aliphatic rings. The van der Waals surface area contributed by atoms with Gasteiger partial charge in [0.2, 0.25) is 0 Å². The first-order valence-corrected chi connectivity index (χ1v) is 7.04. The fourth-order valence-electron chi connectivity index (χ4n) is 2.66. The molecule has 1 N–H and O–H groups in total. The van der Waals surface area contributed by atoms with Crippen molar-refractivity contribution in [3.8, 4) is 0 Å². The largest absolute Gasteiger partial charge is 0.465 e. The van der Waals surface area contributed by atoms with Crippen LogP contribution in [0.2, 0.25) is 0 Å². The molecular formula is C15H22N2O2. The minimum atomic E-state index is -0.317. The molecule has 1 aliphatic carbocycles. The molecule has 0 spiro atoms. The fraction of sp³-hybridized carbons (Fsp3) is 0.600. The Bertz CT molecular complexity index is 414. The number of pyridine rings is 1. The molecule has 0 aliphatic heterocycles. The first-order valence-electron chi connectivity index (χ1n) is 7.04. The van der Waals surface area contributed by atoms with Gasteiger partial charge in [0.25, 0.3) is 0 Å². The summed E-state index contributed by atoms with van der Waals surface area (Å²) in [4.78, 5) is 15.9. The molecule has 1 heterocycles. The number of methoxy groups -OCH3 is 1. The fourth-order valence-corrected chi connectivity index (χ4v) is 2.66. The molecule has 2 rings (SSSR count). The van der Waals surface area contributed by atoms with Crippen molar-refractivity contribution in [3.05, 3.63) is 29.6 Å². The van der Waals surface area contributed by atoms with E-state index in [1.54, 1.807) is 18.3 Å². The second-order valence-corrected chi connectivity index (χ2v) is 5.12. The van der Waals surface area contributed by atoms with Gasteiger partial charge in [-0.1, -0.05) is 19.3 Å². The predicted molar refractivity (Wildman–Crippen MR) is 73.9 cm³/mol. The molecule has 0 atom stereocenters. The Morgan fingerprint density at radius 1 is 1.42 bits per heavy atom. The SMILES string of the molecule is COC(=O)c1cccnc1CNCC1CCCCC1. The van der Waals surface area contributed by atoms with Gasteiger partial charge in [-0.15, -0.1) is 0 Å². The van der Waals surface area contributed by atoms with Crippen LogP contribution >= 0.6 is 0 Å². The number of hydrogen-bond acceptors (Lipinski definition) is 4. The maximum Gasteiger partial charge on any atom is 0.339 e. The van der Waals surface area contributed by atoms with E-state index in [9.17, 15) is 4.79 Å². The Kier molecular flexibility index (Phi) is 5.33. The lowest BCUT2D eigenvalue weighted by molar-refractivity contribution is 0.0598. The molecule has 4 heteroatoms. The molecule has 1 fully saturated rings. The van der Waals surface area contributed by atoms with Crippen LogP contribution in [0.25, 0.3) is 0 Å². The van der Waals surface area contributed by atoms with Crippen molar-refractivity contribution in [2.45, 2.75) is 38.6 Å². The number of hydrogen-bond donors (Lipinski definition) is 1. The molecule has 0 unspecified atom stereocenters. The van der Waals surface area contributed by atoms with E-state index in [1.807, 2.05) is 0 Å². The summed E-state index contributed by atoms with van der Waals surface area (Å²) >= 11 is 0. The molecule has 1 aromatic heterocycles. The van der Waals surface area contributed by atoms with Gasteiger partial charge in [-0.3, -0.25) is 4.98 Å². The standard InChI is InChI=1S/C15H22N2O2/c1-19-15(18)13-8-5-9-17-14(13)11-16-10-12-6-3-2-4-7-12/h5,8-9,12,16H,2-4,6-7,10-11H2,1H3. The third-order valence-electron chi connectivity index (χ3n) is 3.75. The van der Waals surface area contributed by atoms with Crippen molar-refractivity contribution in [2.75, 3.05) is 13.7 Å². The van der Waals surface area contributed by atoms with Gasteiger partial charge in [0.05, 0.1) is 18.4 Å². The lowest BCUT2D eigenvalue weighted by atomic mass is 9.89. The van der Waals surface area contributed by atoms with Gasteiger partial charge in [-0.25, -0.2) is 4.79 Å². The van der Waals surface area contributed by atoms with E-state index in [0.717, 1.165) is 18.2 Å². The third-order valence-corrected chi connectivity index (χ3v) is 3.75. The van der Waals surface area contributed by atoms with Crippen molar-refractivity contribution >= 4 is 5.97 Å². The van der Waals surface area contributed by atoms with Gasteiger partial charge in [-0.05, 0) is 37.4 Å². The lowest BCUT2D eigenvalue weighted by Gasteiger charge is -2.21. The number of carbonyl (C=O) groups excluding carboxylic acids is 1. The van der Waals surface area contributed by atoms with Crippen molar-refractivity contribution in [1.82, 2.24) is 10.3 Å². The normalized spacial score (nSPS) is 16.3. The van der Waals surface area contributed by atoms with Crippen LogP contribution in [0.1, 0.15) is 48.2 Å². The maximum atomic E-state index is 11.6. The Labute approximate surface area is 114 Å². The highest BCUT2D eigenvalue weighted by molar-refractivity contribution is 5.90. The molecule has 19 heavy (non-hydrogen) atoms. The molecule has 4 nitrogen and oxygen atoms in total. The van der Waals surface area contributed by atoms with Gasteiger partial charge in [0, 0.05) is 12.7 Å². The number of ether oxygens (including phenoxy) is 1. The molecule has 1 aromatic rings. The van der Waals surface area contributed by atoms with E-state index in [0.29, 0.717) is 12.1 Å². The molecule has 104 valence electrons. The number of aromatic nitrogens is 1. The number of nitrogens with one attached hydrogen (secondary N) is 1. The zero-order valence-electron chi connectivity index (χ0n) is 11.5. The maximum absolute atomic E-state index is 11.6. The summed E-state index contributed by atoms with van der Waals surface area (Å²) in [5.41, 5.74) is 1.33. The zero-order valence-corrected chi connectivity index (χ0v) is 11.5. The Morgan fingerprint density at radius 2 is 2.21 bits per heavy atom. The highest BCUT2D eigenvalue weighted by Crippen LogP contribution is 2.22. The second kappa shape index (κ2) is 7.24. The van der Waals surface area contributed by atoms with Crippen molar-refractivity contribution in [2.24, 2.45) is 5.92 Å². The Morgan fingerprint density at radius 3 is 2.95 bits per heavy atom. The van der Waals surface area contributed by atoms with Crippen LogP contribution in [0.4, 0.5) is 0 Å². The first-order chi connectivity index (χ1) is 9.31. The number of nitrogens with zero attached hydrogens (tertiary/aromatic N) is 1. The molecule has 1 saturated carbocycles. The minimum Gasteiger partial charge on any atom is -0.465 e. The summed E-state index contributed by atoms with van der Waals surface area (Å²) in [5, 5.41) is 3.42. The second-order valence-electron chi connectivity index (χ2n) is 5.12. The summed E-state index contributed by atoms with van der Waals surface area (Å²) in [6.07, 6.45) is 8.43. The summed E-state index contributed by atoms with van der Waals surface area (Å²) in [6.45, 7) is 1.64. The molecule has 0 radical (unpaired) electrons. The first kappa shape index (κ1) is 14.0. The molecule has 0 saturated heterocycles. The van der Waals surface area contributed by atoms with Crippen LogP contribution in [-0.2, 0) is 11.3 Å². The summed E-state index contributed by atoms with van der Waals surface area (Å²) < 4.78 is 4.77. The average Bonchev–Trinajstić information content (AvgIpc) is 2.48. The van der Waals surface area contributed by atoms with Gasteiger partial charge in [0.1, 0.15) is 0 Å². The Balaban J connectivity index is 1.86. The minimum absolute atomic E-state index is 0.317. The van der Waals surface area contributed by atoms with Crippen LogP contribution in [0.5, 0.6) is 0 Å². The van der Waals surface area contributed by atoms with Crippen molar-refractivity contribution in [1.29, 1.82) is 0 Å². The number of carbonyl (C=O) groups is 1. The average molecular weight is 262 g/mol. The van der Waals surface area contributed by atoms with Crippen LogP contribution in [0.15, 0.2) is 18.3 Å². The van der Waals surface area contributed by atoms with Gasteiger partial charge >= 0.3 is 5.97 Å². The smallest absolute Gasteiger partial charge is 0.339 e. The molecule has 0 amide bonds.